The molecule has 0 N–H and O–H groups in total. The molecular weight excluding hydrogens is 206 g/mol. The monoisotopic (exact) mass is 227 g/mol. The molecule has 1 aromatic rings. The van der Waals surface area contributed by atoms with Crippen molar-refractivity contribution in [3.63, 3.8) is 0 Å². The molecule has 1 aromatic carbocycles. The third-order valence-electron chi connectivity index (χ3n) is 2.16. The second-order valence-electron chi connectivity index (χ2n) is 3.37. The van der Waals surface area contributed by atoms with E-state index < -0.39 is 0 Å². The van der Waals surface area contributed by atoms with Gasteiger partial charge >= 0.3 is 0 Å². The highest BCUT2D eigenvalue weighted by molar-refractivity contribution is 5.37. The minimum absolute atomic E-state index is 0.601. The summed E-state index contributed by atoms with van der Waals surface area (Å²) in [5, 5.41) is 8.35. The van der Waals surface area contributed by atoms with Crippen LogP contribution in [0.15, 0.2) is 24.3 Å². The first-order valence-corrected chi connectivity index (χ1v) is 6.31. The summed E-state index contributed by atoms with van der Waals surface area (Å²) in [4.78, 5) is 0. The summed E-state index contributed by atoms with van der Waals surface area (Å²) in [7, 11) is 0. The van der Waals surface area contributed by atoms with Crippen LogP contribution in [-0.2, 0) is 6.42 Å². The largest absolute Gasteiger partial charge is 0.198 e. The SMILES string of the molecule is CC.CCc1cccc(C#CCCCC#N)c1. The predicted octanol–water partition coefficient (Wildman–Crippen LogP) is 4.32. The van der Waals surface area contributed by atoms with Gasteiger partial charge in [-0.3, -0.25) is 0 Å². The number of aryl methyl sites for hydroxylation is 1. The van der Waals surface area contributed by atoms with Crippen LogP contribution < -0.4 is 0 Å². The molecule has 0 aliphatic carbocycles. The third kappa shape index (κ3) is 7.20. The second kappa shape index (κ2) is 10.8. The zero-order chi connectivity index (χ0) is 12.9. The van der Waals surface area contributed by atoms with Crippen LogP contribution in [0.5, 0.6) is 0 Å². The van der Waals surface area contributed by atoms with Crippen molar-refractivity contribution >= 4 is 0 Å². The lowest BCUT2D eigenvalue weighted by Gasteiger charge is -1.95. The Morgan fingerprint density at radius 3 is 2.59 bits per heavy atom. The third-order valence-corrected chi connectivity index (χ3v) is 2.16. The first kappa shape index (κ1) is 15.3. The van der Waals surface area contributed by atoms with E-state index in [4.69, 9.17) is 5.26 Å². The van der Waals surface area contributed by atoms with E-state index in [1.165, 1.54) is 5.56 Å². The van der Waals surface area contributed by atoms with E-state index in [9.17, 15) is 0 Å². The number of hydrogen-bond donors (Lipinski definition) is 0. The van der Waals surface area contributed by atoms with Gasteiger partial charge in [0.15, 0.2) is 0 Å². The van der Waals surface area contributed by atoms with Gasteiger partial charge in [0.2, 0.25) is 0 Å². The van der Waals surface area contributed by atoms with Crippen LogP contribution in [0.25, 0.3) is 0 Å². The predicted molar refractivity (Wildman–Crippen MR) is 73.5 cm³/mol. The van der Waals surface area contributed by atoms with Gasteiger partial charge in [0.05, 0.1) is 6.07 Å². The van der Waals surface area contributed by atoms with Crippen LogP contribution in [0.3, 0.4) is 0 Å². The van der Waals surface area contributed by atoms with Crippen LogP contribution in [0.4, 0.5) is 0 Å². The zero-order valence-corrected chi connectivity index (χ0v) is 11.1. The summed E-state index contributed by atoms with van der Waals surface area (Å²) >= 11 is 0. The Morgan fingerprint density at radius 1 is 1.18 bits per heavy atom. The molecule has 1 nitrogen and oxygen atoms in total. The Morgan fingerprint density at radius 2 is 1.94 bits per heavy atom. The summed E-state index contributed by atoms with van der Waals surface area (Å²) in [6.45, 7) is 6.14. The van der Waals surface area contributed by atoms with Crippen LogP contribution in [0, 0.1) is 23.2 Å². The second-order valence-corrected chi connectivity index (χ2v) is 3.37. The lowest BCUT2D eigenvalue weighted by Crippen LogP contribution is -1.81. The molecule has 17 heavy (non-hydrogen) atoms. The van der Waals surface area contributed by atoms with Gasteiger partial charge in [-0.15, -0.1) is 0 Å². The number of unbranched alkanes of at least 4 members (excludes halogenated alkanes) is 2. The molecule has 0 amide bonds. The Labute approximate surface area is 105 Å². The first-order valence-electron chi connectivity index (χ1n) is 6.31. The first-order chi connectivity index (χ1) is 8.36. The van der Waals surface area contributed by atoms with Gasteiger partial charge in [0.25, 0.3) is 0 Å². The molecule has 0 bridgehead atoms. The fraction of sp³-hybridized carbons (Fsp3) is 0.438. The van der Waals surface area contributed by atoms with Crippen molar-refractivity contribution in [1.82, 2.24) is 0 Å². The maximum atomic E-state index is 8.35. The van der Waals surface area contributed by atoms with E-state index in [1.54, 1.807) is 0 Å². The highest BCUT2D eigenvalue weighted by atomic mass is 14.2. The summed E-state index contributed by atoms with van der Waals surface area (Å²) in [6.07, 6.45) is 3.33. The number of hydrogen-bond acceptors (Lipinski definition) is 1. The Kier molecular flexibility index (Phi) is 9.68. The summed E-state index contributed by atoms with van der Waals surface area (Å²) in [5.74, 6) is 6.21. The summed E-state index contributed by atoms with van der Waals surface area (Å²) in [6, 6.07) is 10.4. The molecule has 0 aliphatic heterocycles. The molecule has 0 saturated heterocycles. The highest BCUT2D eigenvalue weighted by Crippen LogP contribution is 2.04. The topological polar surface area (TPSA) is 23.8 Å². The molecule has 0 unspecified atom stereocenters. The molecular formula is C16H21N. The Hall–Kier alpha value is -1.73. The Bertz CT molecular complexity index is 402. The van der Waals surface area contributed by atoms with E-state index in [2.05, 4.69) is 37.0 Å². The van der Waals surface area contributed by atoms with Crippen LogP contribution in [0.2, 0.25) is 0 Å². The van der Waals surface area contributed by atoms with Gasteiger partial charge in [-0.2, -0.15) is 5.26 Å². The fourth-order valence-corrected chi connectivity index (χ4v) is 1.29. The van der Waals surface area contributed by atoms with E-state index in [-0.39, 0.29) is 0 Å². The van der Waals surface area contributed by atoms with Gasteiger partial charge in [-0.25, -0.2) is 0 Å². The van der Waals surface area contributed by atoms with E-state index in [0.29, 0.717) is 6.42 Å². The fourth-order valence-electron chi connectivity index (χ4n) is 1.29. The average molecular weight is 227 g/mol. The molecule has 0 saturated carbocycles. The van der Waals surface area contributed by atoms with Gasteiger partial charge in [-0.1, -0.05) is 44.7 Å². The van der Waals surface area contributed by atoms with Crippen LogP contribution >= 0.6 is 0 Å². The van der Waals surface area contributed by atoms with E-state index in [1.807, 2.05) is 26.0 Å². The normalized spacial score (nSPS) is 8.12. The van der Waals surface area contributed by atoms with Crippen molar-refractivity contribution in [3.05, 3.63) is 35.4 Å². The smallest absolute Gasteiger partial charge is 0.0622 e. The van der Waals surface area contributed by atoms with Crippen molar-refractivity contribution in [2.45, 2.75) is 46.5 Å². The molecule has 1 rings (SSSR count). The van der Waals surface area contributed by atoms with E-state index in [0.717, 1.165) is 24.8 Å². The molecule has 0 spiro atoms. The summed E-state index contributed by atoms with van der Waals surface area (Å²) < 4.78 is 0. The number of benzene rings is 1. The molecule has 0 aliphatic rings. The molecule has 0 atom stereocenters. The van der Waals surface area contributed by atoms with Crippen molar-refractivity contribution in [3.8, 4) is 17.9 Å². The molecule has 0 fully saturated rings. The molecule has 1 heteroatoms. The molecule has 90 valence electrons. The lowest BCUT2D eigenvalue weighted by molar-refractivity contribution is 0.894. The molecule has 0 heterocycles. The highest BCUT2D eigenvalue weighted by Gasteiger charge is 1.89. The number of nitriles is 1. The van der Waals surface area contributed by atoms with Crippen LogP contribution in [-0.4, -0.2) is 0 Å². The van der Waals surface area contributed by atoms with Crippen molar-refractivity contribution < 1.29 is 0 Å². The zero-order valence-electron chi connectivity index (χ0n) is 11.1. The minimum atomic E-state index is 0.601. The lowest BCUT2D eigenvalue weighted by atomic mass is 10.1. The van der Waals surface area contributed by atoms with Crippen LogP contribution in [0.1, 0.15) is 51.2 Å². The quantitative estimate of drug-likeness (QED) is 0.557. The van der Waals surface area contributed by atoms with Gasteiger partial charge in [0, 0.05) is 18.4 Å². The minimum Gasteiger partial charge on any atom is -0.198 e. The van der Waals surface area contributed by atoms with E-state index >= 15 is 0 Å². The Balaban J connectivity index is 0.00000121. The number of rotatable bonds is 3. The van der Waals surface area contributed by atoms with Crippen molar-refractivity contribution in [1.29, 1.82) is 5.26 Å². The molecule has 0 aromatic heterocycles. The van der Waals surface area contributed by atoms with Gasteiger partial charge < -0.3 is 0 Å². The van der Waals surface area contributed by atoms with Crippen molar-refractivity contribution in [2.24, 2.45) is 0 Å². The van der Waals surface area contributed by atoms with Gasteiger partial charge in [0.1, 0.15) is 0 Å². The maximum Gasteiger partial charge on any atom is 0.0622 e. The van der Waals surface area contributed by atoms with Gasteiger partial charge in [-0.05, 0) is 30.5 Å². The van der Waals surface area contributed by atoms with Crippen molar-refractivity contribution in [2.75, 3.05) is 0 Å². The number of nitrogens with zero attached hydrogens (tertiary/aromatic N) is 1. The standard InChI is InChI=1S/C14H15N.C2H6/c1-2-13-9-7-10-14(12-13)8-5-3-4-6-11-15;1-2/h7,9-10,12H,2-4,6H2,1H3;1-2H3. The average Bonchev–Trinajstić information content (AvgIpc) is 2.41. The summed E-state index contributed by atoms with van der Waals surface area (Å²) in [5.41, 5.74) is 2.39. The molecule has 0 radical (unpaired) electrons. The maximum absolute atomic E-state index is 8.35.